The van der Waals surface area contributed by atoms with Crippen molar-refractivity contribution in [1.82, 2.24) is 0 Å². The van der Waals surface area contributed by atoms with Crippen molar-refractivity contribution in [3.63, 3.8) is 0 Å². The molecule has 8 bridgehead atoms. The van der Waals surface area contributed by atoms with Crippen molar-refractivity contribution in [3.8, 4) is 22.6 Å². The first kappa shape index (κ1) is 27.4. The molecule has 9 aliphatic rings. The van der Waals surface area contributed by atoms with Crippen LogP contribution >= 0.6 is 0 Å². The molecule has 8 saturated carbocycles. The lowest BCUT2D eigenvalue weighted by molar-refractivity contribution is -0.0178. The molecule has 2 heteroatoms. The third kappa shape index (κ3) is 3.63. The summed E-state index contributed by atoms with van der Waals surface area (Å²) in [6, 6.07) is 30.8. The van der Waals surface area contributed by atoms with Crippen LogP contribution in [-0.4, -0.2) is 10.2 Å². The van der Waals surface area contributed by atoms with E-state index in [1.165, 1.54) is 105 Å². The highest BCUT2D eigenvalue weighted by Gasteiger charge is 2.60. The Hall–Kier alpha value is -3.52. The van der Waals surface area contributed by atoms with Crippen LogP contribution in [0, 0.1) is 35.5 Å². The van der Waals surface area contributed by atoms with Gasteiger partial charge in [-0.3, -0.25) is 0 Å². The second-order valence-electron chi connectivity index (χ2n) is 17.7. The zero-order valence-corrected chi connectivity index (χ0v) is 27.4. The van der Waals surface area contributed by atoms with E-state index in [-0.39, 0.29) is 5.41 Å². The molecule has 0 aromatic heterocycles. The lowest BCUT2D eigenvalue weighted by atomic mass is 9.43. The van der Waals surface area contributed by atoms with E-state index in [9.17, 15) is 10.2 Å². The highest BCUT2D eigenvalue weighted by Crippen LogP contribution is 2.69. The van der Waals surface area contributed by atoms with E-state index in [2.05, 4.69) is 60.7 Å². The maximum Gasteiger partial charge on any atom is 0.115 e. The van der Waals surface area contributed by atoms with Crippen molar-refractivity contribution >= 4 is 0 Å². The van der Waals surface area contributed by atoms with Gasteiger partial charge in [0.05, 0.1) is 5.41 Å². The van der Waals surface area contributed by atoms with E-state index in [0.29, 0.717) is 16.9 Å². The van der Waals surface area contributed by atoms with Gasteiger partial charge in [0, 0.05) is 0 Å². The van der Waals surface area contributed by atoms with Crippen molar-refractivity contribution < 1.29 is 10.2 Å². The van der Waals surface area contributed by atoms with Crippen LogP contribution in [-0.2, 0) is 16.2 Å². The fraction of sp³-hybridized carbons (Fsp3) is 0.467. The maximum atomic E-state index is 10.6. The van der Waals surface area contributed by atoms with Gasteiger partial charge in [-0.1, -0.05) is 60.7 Å². The second kappa shape index (κ2) is 9.34. The van der Waals surface area contributed by atoms with Gasteiger partial charge in [-0.2, -0.15) is 0 Å². The smallest absolute Gasteiger partial charge is 0.115 e. The molecule has 8 fully saturated rings. The number of phenolic OH excluding ortho intramolecular Hbond substituents is 2. The van der Waals surface area contributed by atoms with Crippen molar-refractivity contribution in [3.05, 3.63) is 118 Å². The number of phenols is 2. The van der Waals surface area contributed by atoms with Gasteiger partial charge in [-0.05, 0) is 192 Å². The zero-order valence-electron chi connectivity index (χ0n) is 27.4. The van der Waals surface area contributed by atoms with Gasteiger partial charge in [0.15, 0.2) is 0 Å². The molecule has 238 valence electrons. The standard InChI is InChI=1S/C45H46O2/c46-35-9-5-33(6-10-35)45(34-7-11-36(47)12-8-34)39-4-2-1-3-37(39)38-13-14-40(43-21-27-15-28(22-43)17-29(16-27)23-43)42(41(38)45)44-24-30-18-31(25-44)20-32(19-30)26-44/h1-14,27-32,46-47H,15-26H2. The molecule has 0 heterocycles. The summed E-state index contributed by atoms with van der Waals surface area (Å²) in [5.41, 5.74) is 11.6. The Morgan fingerprint density at radius 1 is 0.404 bits per heavy atom. The molecule has 4 aromatic carbocycles. The minimum Gasteiger partial charge on any atom is -0.508 e. The highest BCUT2D eigenvalue weighted by atomic mass is 16.3. The van der Waals surface area contributed by atoms with E-state index >= 15 is 0 Å². The Bertz CT molecular complexity index is 1800. The fourth-order valence-electron chi connectivity index (χ4n) is 14.4. The Morgan fingerprint density at radius 3 is 1.34 bits per heavy atom. The van der Waals surface area contributed by atoms with E-state index in [4.69, 9.17) is 0 Å². The van der Waals surface area contributed by atoms with Crippen LogP contribution in [0.5, 0.6) is 11.5 Å². The predicted molar refractivity (Wildman–Crippen MR) is 187 cm³/mol. The summed E-state index contributed by atoms with van der Waals surface area (Å²) in [6.07, 6.45) is 17.0. The first-order valence-electron chi connectivity index (χ1n) is 18.8. The molecule has 0 atom stereocenters. The maximum absolute atomic E-state index is 10.6. The molecule has 0 aliphatic heterocycles. The summed E-state index contributed by atoms with van der Waals surface area (Å²) in [7, 11) is 0. The van der Waals surface area contributed by atoms with Crippen LogP contribution in [0.3, 0.4) is 0 Å². The van der Waals surface area contributed by atoms with Gasteiger partial charge in [-0.25, -0.2) is 0 Å². The molecular weight excluding hydrogens is 572 g/mol. The average molecular weight is 619 g/mol. The number of fused-ring (bicyclic) bond motifs is 3. The molecule has 0 radical (unpaired) electrons. The Kier molecular flexibility index (Phi) is 5.45. The summed E-state index contributed by atoms with van der Waals surface area (Å²) in [4.78, 5) is 0. The average Bonchev–Trinajstić information content (AvgIpc) is 3.35. The summed E-state index contributed by atoms with van der Waals surface area (Å²) in [6.45, 7) is 0. The summed E-state index contributed by atoms with van der Waals surface area (Å²) in [5.74, 6) is 5.90. The molecule has 9 aliphatic carbocycles. The molecule has 47 heavy (non-hydrogen) atoms. The third-order valence-electron chi connectivity index (χ3n) is 15.0. The monoisotopic (exact) mass is 618 g/mol. The minimum absolute atomic E-state index is 0.222. The van der Waals surface area contributed by atoms with Crippen LogP contribution in [0.1, 0.15) is 110 Å². The van der Waals surface area contributed by atoms with Crippen molar-refractivity contribution in [2.75, 3.05) is 0 Å². The molecule has 0 saturated heterocycles. The molecule has 4 aromatic rings. The number of rotatable bonds is 4. The normalized spacial score (nSPS) is 36.4. The lowest BCUT2D eigenvalue weighted by Crippen LogP contribution is -2.53. The highest BCUT2D eigenvalue weighted by molar-refractivity contribution is 5.88. The van der Waals surface area contributed by atoms with Gasteiger partial charge in [0.25, 0.3) is 0 Å². The SMILES string of the molecule is Oc1ccc(C2(c3ccc(O)cc3)c3ccccc3-c3ccc(C45CC6CC(CC(C6)C4)C5)c(C45CC6CC(CC(C6)C4)C5)c32)cc1. The van der Waals surface area contributed by atoms with Gasteiger partial charge in [0.2, 0.25) is 0 Å². The van der Waals surface area contributed by atoms with Crippen molar-refractivity contribution in [1.29, 1.82) is 0 Å². The summed E-state index contributed by atoms with van der Waals surface area (Å²) < 4.78 is 0. The van der Waals surface area contributed by atoms with Gasteiger partial charge in [0.1, 0.15) is 11.5 Å². The number of hydrogen-bond donors (Lipinski definition) is 2. The first-order chi connectivity index (χ1) is 22.9. The molecule has 2 N–H and O–H groups in total. The zero-order chi connectivity index (χ0) is 31.1. The van der Waals surface area contributed by atoms with Crippen molar-refractivity contribution in [2.24, 2.45) is 35.5 Å². The van der Waals surface area contributed by atoms with Crippen LogP contribution in [0.15, 0.2) is 84.9 Å². The Morgan fingerprint density at radius 2 is 0.851 bits per heavy atom. The van der Waals surface area contributed by atoms with Crippen LogP contribution in [0.4, 0.5) is 0 Å². The molecule has 13 rings (SSSR count). The van der Waals surface area contributed by atoms with Crippen LogP contribution < -0.4 is 0 Å². The van der Waals surface area contributed by atoms with E-state index in [1.807, 2.05) is 24.3 Å². The van der Waals surface area contributed by atoms with E-state index < -0.39 is 5.41 Å². The van der Waals surface area contributed by atoms with Crippen LogP contribution in [0.25, 0.3) is 11.1 Å². The first-order valence-corrected chi connectivity index (χ1v) is 18.8. The Labute approximate surface area is 279 Å². The Balaban J connectivity index is 1.28. The topological polar surface area (TPSA) is 40.5 Å². The summed E-state index contributed by atoms with van der Waals surface area (Å²) in [5, 5.41) is 21.2. The minimum atomic E-state index is -0.524. The number of benzene rings is 4. The van der Waals surface area contributed by atoms with Crippen molar-refractivity contribution in [2.45, 2.75) is 93.3 Å². The molecular formula is C45H46O2. The third-order valence-corrected chi connectivity index (χ3v) is 15.0. The van der Waals surface area contributed by atoms with Gasteiger partial charge in [-0.15, -0.1) is 0 Å². The molecule has 0 amide bonds. The molecule has 2 nitrogen and oxygen atoms in total. The van der Waals surface area contributed by atoms with Gasteiger partial charge < -0.3 is 10.2 Å². The quantitative estimate of drug-likeness (QED) is 0.210. The van der Waals surface area contributed by atoms with E-state index in [1.54, 1.807) is 16.7 Å². The fourth-order valence-corrected chi connectivity index (χ4v) is 14.4. The largest absolute Gasteiger partial charge is 0.508 e. The van der Waals surface area contributed by atoms with Gasteiger partial charge >= 0.3 is 0 Å². The van der Waals surface area contributed by atoms with E-state index in [0.717, 1.165) is 35.5 Å². The molecule has 0 spiro atoms. The number of aromatic hydroxyl groups is 2. The second-order valence-corrected chi connectivity index (χ2v) is 17.7. The number of hydrogen-bond acceptors (Lipinski definition) is 2. The summed E-state index contributed by atoms with van der Waals surface area (Å²) >= 11 is 0. The van der Waals surface area contributed by atoms with Crippen LogP contribution in [0.2, 0.25) is 0 Å². The molecule has 0 unspecified atom stereocenters. The predicted octanol–water partition coefficient (Wildman–Crippen LogP) is 10.4. The lowest BCUT2D eigenvalue weighted by Gasteiger charge is -2.61.